The number of fused-ring (bicyclic) bond motifs is 3. The summed E-state index contributed by atoms with van der Waals surface area (Å²) < 4.78 is 14.1. The monoisotopic (exact) mass is 428 g/mol. The predicted molar refractivity (Wildman–Crippen MR) is 118 cm³/mol. The number of aromatic nitrogens is 4. The third-order valence-electron chi connectivity index (χ3n) is 6.52. The SMILES string of the molecule is O=C1Cc2ccccc2C2(CCN(c3nc4nc(-c5ccccc5F)ncc4[nH]3)CC2)N1. The smallest absolute Gasteiger partial charge is 0.225 e. The Kier molecular flexibility index (Phi) is 4.21. The molecule has 0 atom stereocenters. The summed E-state index contributed by atoms with van der Waals surface area (Å²) in [5.41, 5.74) is 3.58. The van der Waals surface area contributed by atoms with Gasteiger partial charge < -0.3 is 15.2 Å². The van der Waals surface area contributed by atoms with Gasteiger partial charge in [0.25, 0.3) is 0 Å². The van der Waals surface area contributed by atoms with Gasteiger partial charge in [-0.05, 0) is 36.1 Å². The van der Waals surface area contributed by atoms with Gasteiger partial charge in [0.15, 0.2) is 11.5 Å². The minimum Gasteiger partial charge on any atom is -0.346 e. The maximum absolute atomic E-state index is 14.1. The lowest BCUT2D eigenvalue weighted by Crippen LogP contribution is -2.56. The summed E-state index contributed by atoms with van der Waals surface area (Å²) in [5, 5.41) is 3.26. The number of imidazole rings is 1. The summed E-state index contributed by atoms with van der Waals surface area (Å²) in [6.07, 6.45) is 3.66. The van der Waals surface area contributed by atoms with E-state index in [0.29, 0.717) is 34.9 Å². The Morgan fingerprint density at radius 3 is 2.62 bits per heavy atom. The minimum atomic E-state index is -0.362. The molecule has 2 aromatic heterocycles. The number of benzene rings is 2. The van der Waals surface area contributed by atoms with Crippen LogP contribution in [0.2, 0.25) is 0 Å². The van der Waals surface area contributed by atoms with E-state index in [0.717, 1.165) is 31.5 Å². The molecule has 0 saturated carbocycles. The van der Waals surface area contributed by atoms with Crippen LogP contribution >= 0.6 is 0 Å². The molecule has 4 aromatic rings. The van der Waals surface area contributed by atoms with Gasteiger partial charge in [0.05, 0.1) is 23.7 Å². The molecule has 2 N–H and O–H groups in total. The highest BCUT2D eigenvalue weighted by molar-refractivity contribution is 5.82. The Labute approximate surface area is 183 Å². The molecular weight excluding hydrogens is 407 g/mol. The van der Waals surface area contributed by atoms with Crippen molar-refractivity contribution in [3.8, 4) is 11.4 Å². The zero-order valence-electron chi connectivity index (χ0n) is 17.3. The fraction of sp³-hybridized carbons (Fsp3) is 0.250. The van der Waals surface area contributed by atoms with Gasteiger partial charge in [0.1, 0.15) is 11.3 Å². The molecule has 6 rings (SSSR count). The van der Waals surface area contributed by atoms with Gasteiger partial charge in [-0.3, -0.25) is 4.79 Å². The van der Waals surface area contributed by atoms with Crippen LogP contribution in [0.3, 0.4) is 0 Å². The van der Waals surface area contributed by atoms with Crippen LogP contribution in [0.4, 0.5) is 10.3 Å². The van der Waals surface area contributed by atoms with Gasteiger partial charge >= 0.3 is 0 Å². The molecule has 2 aliphatic heterocycles. The molecule has 160 valence electrons. The lowest BCUT2D eigenvalue weighted by Gasteiger charge is -2.45. The Hall–Kier alpha value is -3.81. The largest absolute Gasteiger partial charge is 0.346 e. The second kappa shape index (κ2) is 7.12. The van der Waals surface area contributed by atoms with Gasteiger partial charge in [-0.15, -0.1) is 0 Å². The van der Waals surface area contributed by atoms with E-state index >= 15 is 0 Å². The average molecular weight is 428 g/mol. The third-order valence-corrected chi connectivity index (χ3v) is 6.52. The highest BCUT2D eigenvalue weighted by atomic mass is 19.1. The summed E-state index contributed by atoms with van der Waals surface area (Å²) in [6, 6.07) is 14.7. The first-order chi connectivity index (χ1) is 15.6. The summed E-state index contributed by atoms with van der Waals surface area (Å²) in [7, 11) is 0. The Balaban J connectivity index is 1.27. The van der Waals surface area contributed by atoms with Crippen molar-refractivity contribution >= 4 is 23.0 Å². The highest BCUT2D eigenvalue weighted by Crippen LogP contribution is 2.38. The molecule has 7 nitrogen and oxygen atoms in total. The topological polar surface area (TPSA) is 86.8 Å². The molecule has 0 aliphatic carbocycles. The molecule has 2 aromatic carbocycles. The first kappa shape index (κ1) is 18.9. The Morgan fingerprint density at radius 1 is 1.00 bits per heavy atom. The second-order valence-corrected chi connectivity index (χ2v) is 8.42. The minimum absolute atomic E-state index is 0.0804. The first-order valence-electron chi connectivity index (χ1n) is 10.7. The summed E-state index contributed by atoms with van der Waals surface area (Å²) >= 11 is 0. The van der Waals surface area contributed by atoms with Crippen LogP contribution < -0.4 is 10.2 Å². The van der Waals surface area contributed by atoms with Crippen molar-refractivity contribution in [2.45, 2.75) is 24.8 Å². The molecule has 1 spiro atoms. The third kappa shape index (κ3) is 3.02. The maximum atomic E-state index is 14.1. The number of anilines is 1. The van der Waals surface area contributed by atoms with Crippen LogP contribution in [0.15, 0.2) is 54.7 Å². The number of H-pyrrole nitrogens is 1. The van der Waals surface area contributed by atoms with E-state index in [1.54, 1.807) is 24.4 Å². The van der Waals surface area contributed by atoms with Gasteiger partial charge in [0, 0.05) is 13.1 Å². The van der Waals surface area contributed by atoms with Gasteiger partial charge in [-0.25, -0.2) is 14.4 Å². The highest BCUT2D eigenvalue weighted by Gasteiger charge is 2.42. The fourth-order valence-electron chi connectivity index (χ4n) is 4.90. The molecular formula is C24H21FN6O. The zero-order chi connectivity index (χ0) is 21.7. The molecule has 1 fully saturated rings. The van der Waals surface area contributed by atoms with Crippen molar-refractivity contribution in [3.63, 3.8) is 0 Å². The summed E-state index contributed by atoms with van der Waals surface area (Å²) in [5.74, 6) is 0.744. The van der Waals surface area contributed by atoms with E-state index in [4.69, 9.17) is 0 Å². The molecule has 0 radical (unpaired) electrons. The standard InChI is InChI=1S/C24H21FN6O/c25-18-8-4-2-6-16(18)21-26-14-19-22(28-21)29-23(27-19)31-11-9-24(10-12-31)17-7-3-1-5-15(17)13-20(32)30-24/h1-8,14H,9-13H2,(H,30,32)(H,26,27,28,29). The first-order valence-corrected chi connectivity index (χ1v) is 10.7. The van der Waals surface area contributed by atoms with Crippen LogP contribution in [-0.4, -0.2) is 38.9 Å². The Morgan fingerprint density at radius 2 is 1.78 bits per heavy atom. The number of carbonyl (C=O) groups excluding carboxylic acids is 1. The van der Waals surface area contributed by atoms with E-state index in [1.165, 1.54) is 11.6 Å². The van der Waals surface area contributed by atoms with E-state index in [2.05, 4.69) is 36.2 Å². The number of hydrogen-bond donors (Lipinski definition) is 2. The number of nitrogens with zero attached hydrogens (tertiary/aromatic N) is 4. The number of hydrogen-bond acceptors (Lipinski definition) is 5. The van der Waals surface area contributed by atoms with Crippen molar-refractivity contribution in [3.05, 3.63) is 71.7 Å². The van der Waals surface area contributed by atoms with Crippen molar-refractivity contribution in [2.24, 2.45) is 0 Å². The molecule has 2 aliphatic rings. The van der Waals surface area contributed by atoms with Crippen molar-refractivity contribution in [2.75, 3.05) is 18.0 Å². The molecule has 8 heteroatoms. The lowest BCUT2D eigenvalue weighted by atomic mass is 9.76. The van der Waals surface area contributed by atoms with E-state index in [1.807, 2.05) is 18.2 Å². The van der Waals surface area contributed by atoms with E-state index in [9.17, 15) is 9.18 Å². The molecule has 32 heavy (non-hydrogen) atoms. The summed E-state index contributed by atoms with van der Waals surface area (Å²) in [4.78, 5) is 31.2. The van der Waals surface area contributed by atoms with Gasteiger partial charge in [0.2, 0.25) is 11.9 Å². The predicted octanol–water partition coefficient (Wildman–Crippen LogP) is 3.33. The maximum Gasteiger partial charge on any atom is 0.225 e. The van der Waals surface area contributed by atoms with Crippen LogP contribution in [0, 0.1) is 5.82 Å². The van der Waals surface area contributed by atoms with Gasteiger partial charge in [-0.1, -0.05) is 36.4 Å². The van der Waals surface area contributed by atoms with E-state index < -0.39 is 0 Å². The van der Waals surface area contributed by atoms with Crippen LogP contribution in [0.5, 0.6) is 0 Å². The fourth-order valence-corrected chi connectivity index (χ4v) is 4.90. The number of aromatic amines is 1. The lowest BCUT2D eigenvalue weighted by molar-refractivity contribution is -0.123. The van der Waals surface area contributed by atoms with Crippen LogP contribution in [0.1, 0.15) is 24.0 Å². The second-order valence-electron chi connectivity index (χ2n) is 8.42. The normalized spacial score (nSPS) is 17.4. The Bertz CT molecular complexity index is 1340. The molecule has 0 unspecified atom stereocenters. The van der Waals surface area contributed by atoms with Crippen LogP contribution in [-0.2, 0) is 16.8 Å². The van der Waals surface area contributed by atoms with Gasteiger partial charge in [-0.2, -0.15) is 4.98 Å². The average Bonchev–Trinajstić information content (AvgIpc) is 3.23. The quantitative estimate of drug-likeness (QED) is 0.512. The molecule has 1 amide bonds. The van der Waals surface area contributed by atoms with Crippen molar-refractivity contribution in [1.82, 2.24) is 25.3 Å². The molecule has 1 saturated heterocycles. The van der Waals surface area contributed by atoms with Crippen LogP contribution in [0.25, 0.3) is 22.6 Å². The molecule has 0 bridgehead atoms. The van der Waals surface area contributed by atoms with Crippen molar-refractivity contribution < 1.29 is 9.18 Å². The zero-order valence-corrected chi connectivity index (χ0v) is 17.3. The number of nitrogens with one attached hydrogen (secondary N) is 2. The number of rotatable bonds is 2. The number of piperidine rings is 1. The number of amides is 1. The molecule has 4 heterocycles. The van der Waals surface area contributed by atoms with Crippen molar-refractivity contribution in [1.29, 1.82) is 0 Å². The number of carbonyl (C=O) groups is 1. The number of halogens is 1. The summed E-state index contributed by atoms with van der Waals surface area (Å²) in [6.45, 7) is 1.48. The van der Waals surface area contributed by atoms with E-state index in [-0.39, 0.29) is 17.3 Å².